The fraction of sp³-hybridized carbons (Fsp3) is 0.442. The summed E-state index contributed by atoms with van der Waals surface area (Å²) in [6.45, 7) is 19.0. The Hall–Kier alpha value is -5.90. The minimum atomic E-state index is -1.27. The first-order chi connectivity index (χ1) is 27.2. The van der Waals surface area contributed by atoms with E-state index in [-0.39, 0.29) is 19.1 Å². The van der Waals surface area contributed by atoms with Gasteiger partial charge in [-0.1, -0.05) is 24.3 Å². The van der Waals surface area contributed by atoms with Gasteiger partial charge in [0.2, 0.25) is 5.96 Å². The lowest BCUT2D eigenvalue weighted by molar-refractivity contribution is 0.0103. The van der Waals surface area contributed by atoms with Gasteiger partial charge in [0.1, 0.15) is 40.5 Å². The molecule has 318 valence electrons. The first-order valence-electron chi connectivity index (χ1n) is 18.9. The molecular weight excluding hydrogens is 779 g/mol. The predicted molar refractivity (Wildman–Crippen MR) is 226 cm³/mol. The van der Waals surface area contributed by atoms with Crippen molar-refractivity contribution in [3.05, 3.63) is 82.9 Å². The van der Waals surface area contributed by atoms with Crippen LogP contribution in [-0.4, -0.2) is 73.0 Å². The van der Waals surface area contributed by atoms with Crippen LogP contribution in [0.2, 0.25) is 0 Å². The summed E-state index contributed by atoms with van der Waals surface area (Å²) < 4.78 is 31.2. The molecule has 2 aromatic heterocycles. The number of carbonyl (C=O) groups is 5. The molecule has 0 bridgehead atoms. The van der Waals surface area contributed by atoms with Gasteiger partial charge in [0, 0.05) is 12.7 Å². The number of guanidine groups is 1. The number of fused-ring (bicyclic) bond motifs is 1. The third-order valence-corrected chi connectivity index (χ3v) is 8.40. The van der Waals surface area contributed by atoms with Gasteiger partial charge in [-0.25, -0.2) is 24.1 Å². The number of aromatic nitrogens is 1. The van der Waals surface area contributed by atoms with Gasteiger partial charge in [-0.05, 0) is 136 Å². The summed E-state index contributed by atoms with van der Waals surface area (Å²) in [7, 11) is 1.86. The number of hydrogen-bond acceptors (Lipinski definition) is 11. The van der Waals surface area contributed by atoms with Crippen molar-refractivity contribution in [3.8, 4) is 5.75 Å². The molecule has 0 aliphatic carbocycles. The van der Waals surface area contributed by atoms with Crippen LogP contribution in [0.4, 0.5) is 24.9 Å². The summed E-state index contributed by atoms with van der Waals surface area (Å²) in [6.07, 6.45) is -4.79. The van der Waals surface area contributed by atoms with Gasteiger partial charge in [0.25, 0.3) is 5.91 Å². The van der Waals surface area contributed by atoms with E-state index in [1.807, 2.05) is 47.3 Å². The van der Waals surface area contributed by atoms with Crippen molar-refractivity contribution in [3.63, 3.8) is 0 Å². The van der Waals surface area contributed by atoms with Crippen LogP contribution in [0.3, 0.4) is 0 Å². The highest BCUT2D eigenvalue weighted by Crippen LogP contribution is 2.26. The molecule has 0 radical (unpaired) electrons. The molecule has 59 heavy (non-hydrogen) atoms. The van der Waals surface area contributed by atoms with Crippen LogP contribution in [0.15, 0.2) is 71.0 Å². The van der Waals surface area contributed by atoms with Gasteiger partial charge in [-0.3, -0.25) is 4.79 Å². The SMILES string of the molecule is Cn1c(C(=O)Nc2cccc(COc3ccc(CN(C(=O)OC(C)(C)C)/C(=N/C(=O)OC(C)(C)C)N(C(=O)OC(C)(C)C)C(=O)OC(C)(C)C)cc3)c2)cc2sccc21. The lowest BCUT2D eigenvalue weighted by atomic mass is 10.2. The van der Waals surface area contributed by atoms with E-state index in [0.717, 1.165) is 20.7 Å². The zero-order chi connectivity index (χ0) is 44.1. The third kappa shape index (κ3) is 13.9. The first kappa shape index (κ1) is 45.8. The number of imide groups is 1. The lowest BCUT2D eigenvalue weighted by Gasteiger charge is -2.33. The van der Waals surface area contributed by atoms with Gasteiger partial charge in [0.15, 0.2) is 0 Å². The van der Waals surface area contributed by atoms with Crippen molar-refractivity contribution >= 4 is 63.5 Å². The molecule has 0 aliphatic rings. The molecule has 2 heterocycles. The van der Waals surface area contributed by atoms with Crippen LogP contribution in [0, 0.1) is 0 Å². The molecule has 0 saturated carbocycles. The van der Waals surface area contributed by atoms with E-state index in [2.05, 4.69) is 10.3 Å². The molecule has 4 aromatic rings. The second kappa shape index (κ2) is 17.9. The van der Waals surface area contributed by atoms with E-state index in [0.29, 0.717) is 27.6 Å². The Balaban J connectivity index is 1.63. The molecule has 16 heteroatoms. The largest absolute Gasteiger partial charge is 0.489 e. The topological polar surface area (TPSA) is 167 Å². The van der Waals surface area contributed by atoms with Crippen LogP contribution < -0.4 is 10.1 Å². The first-order valence-corrected chi connectivity index (χ1v) is 19.8. The van der Waals surface area contributed by atoms with E-state index in [1.165, 1.54) is 0 Å². The quantitative estimate of drug-likeness (QED) is 0.107. The minimum absolute atomic E-state index is 0.167. The molecule has 2 aromatic carbocycles. The summed E-state index contributed by atoms with van der Waals surface area (Å²) in [5.74, 6) is -0.525. The predicted octanol–water partition coefficient (Wildman–Crippen LogP) is 10.3. The van der Waals surface area contributed by atoms with Crippen molar-refractivity contribution in [1.29, 1.82) is 0 Å². The van der Waals surface area contributed by atoms with Gasteiger partial charge in [0.05, 0.1) is 16.8 Å². The average molecular weight is 834 g/mol. The summed E-state index contributed by atoms with van der Waals surface area (Å²) in [6, 6.07) is 17.8. The normalized spacial score (nSPS) is 12.4. The van der Waals surface area contributed by atoms with Crippen molar-refractivity contribution in [1.82, 2.24) is 14.4 Å². The number of thiophene rings is 1. The molecule has 0 aliphatic heterocycles. The zero-order valence-corrected chi connectivity index (χ0v) is 36.9. The monoisotopic (exact) mass is 833 g/mol. The van der Waals surface area contributed by atoms with Crippen molar-refractivity contribution in [2.45, 2.75) is 119 Å². The highest BCUT2D eigenvalue weighted by Gasteiger charge is 2.41. The van der Waals surface area contributed by atoms with Crippen molar-refractivity contribution in [2.24, 2.45) is 12.0 Å². The summed E-state index contributed by atoms with van der Waals surface area (Å²) in [4.78, 5) is 73.3. The van der Waals surface area contributed by atoms with Gasteiger partial charge in [-0.2, -0.15) is 0 Å². The molecule has 5 amide bonds. The molecular formula is C43H55N5O10S. The standard InChI is InChI=1S/C43H55N5O10S/c1-40(2,3)55-36(50)45-35(48(38(52)57-42(7,8)9)39(53)58-43(10,11)12)47(37(51)56-41(4,5)6)25-27-17-19-30(20-18-27)54-26-28-15-14-16-29(23-28)44-34(49)32-24-33-31(46(32)13)21-22-59-33/h14-24H,25-26H2,1-13H3,(H,44,49)/b45-35-. The number of aliphatic imine (C=N–C) groups is 1. The lowest BCUT2D eigenvalue weighted by Crippen LogP contribution is -2.55. The fourth-order valence-electron chi connectivity index (χ4n) is 5.23. The maximum Gasteiger partial charge on any atom is 0.437 e. The molecule has 0 saturated heterocycles. The number of ether oxygens (including phenoxy) is 5. The van der Waals surface area contributed by atoms with E-state index in [1.54, 1.807) is 125 Å². The van der Waals surface area contributed by atoms with Crippen molar-refractivity contribution in [2.75, 3.05) is 5.32 Å². The molecule has 1 N–H and O–H groups in total. The number of nitrogens with one attached hydrogen (secondary N) is 1. The van der Waals surface area contributed by atoms with E-state index in [4.69, 9.17) is 23.7 Å². The molecule has 4 rings (SSSR count). The number of carbonyl (C=O) groups excluding carboxylic acids is 5. The molecule has 15 nitrogen and oxygen atoms in total. The summed E-state index contributed by atoms with van der Waals surface area (Å²) in [5.41, 5.74) is -0.907. The number of aryl methyl sites for hydroxylation is 1. The Morgan fingerprint density at radius 2 is 1.25 bits per heavy atom. The van der Waals surface area contributed by atoms with Gasteiger partial charge in [-0.15, -0.1) is 21.2 Å². The van der Waals surface area contributed by atoms with Crippen LogP contribution in [0.1, 0.15) is 105 Å². The van der Waals surface area contributed by atoms with Crippen LogP contribution >= 0.6 is 11.3 Å². The average Bonchev–Trinajstić information content (AvgIpc) is 3.66. The number of benzene rings is 2. The van der Waals surface area contributed by atoms with Gasteiger partial charge < -0.3 is 33.6 Å². The zero-order valence-electron chi connectivity index (χ0n) is 36.0. The number of hydrogen-bond donors (Lipinski definition) is 1. The molecule has 0 fully saturated rings. The number of rotatable bonds is 7. The number of amides is 5. The number of anilines is 1. The maximum absolute atomic E-state index is 14.0. The summed E-state index contributed by atoms with van der Waals surface area (Å²) in [5, 5.41) is 4.94. The summed E-state index contributed by atoms with van der Waals surface area (Å²) >= 11 is 1.57. The third-order valence-electron chi connectivity index (χ3n) is 7.54. The maximum atomic E-state index is 14.0. The highest BCUT2D eigenvalue weighted by molar-refractivity contribution is 7.17. The Bertz CT molecular complexity index is 2170. The Labute approximate surface area is 349 Å². The van der Waals surface area contributed by atoms with E-state index < -0.39 is 52.7 Å². The van der Waals surface area contributed by atoms with Crippen LogP contribution in [0.5, 0.6) is 5.75 Å². The highest BCUT2D eigenvalue weighted by atomic mass is 32.1. The fourth-order valence-corrected chi connectivity index (χ4v) is 6.08. The van der Waals surface area contributed by atoms with Crippen LogP contribution in [-0.2, 0) is 39.1 Å². The number of nitrogens with zero attached hydrogens (tertiary/aromatic N) is 4. The van der Waals surface area contributed by atoms with Crippen LogP contribution in [0.25, 0.3) is 10.2 Å². The van der Waals surface area contributed by atoms with E-state index in [9.17, 15) is 24.0 Å². The van der Waals surface area contributed by atoms with E-state index >= 15 is 0 Å². The Morgan fingerprint density at radius 1 is 0.695 bits per heavy atom. The smallest absolute Gasteiger partial charge is 0.437 e. The minimum Gasteiger partial charge on any atom is -0.489 e. The Kier molecular flexibility index (Phi) is 13.9. The Morgan fingerprint density at radius 3 is 1.80 bits per heavy atom. The van der Waals surface area contributed by atoms with Crippen molar-refractivity contribution < 1.29 is 47.7 Å². The molecule has 0 spiro atoms. The molecule has 0 unspecified atom stereocenters. The molecule has 0 atom stereocenters. The second-order valence-electron chi connectivity index (χ2n) is 17.6. The second-order valence-corrected chi connectivity index (χ2v) is 18.5. The van der Waals surface area contributed by atoms with Gasteiger partial charge >= 0.3 is 24.4 Å².